The first kappa shape index (κ1) is 14.9. The van der Waals surface area contributed by atoms with Crippen LogP contribution < -0.4 is 11.1 Å². The van der Waals surface area contributed by atoms with Gasteiger partial charge in [-0.05, 0) is 36.4 Å². The van der Waals surface area contributed by atoms with Crippen LogP contribution in [0.25, 0.3) is 0 Å². The average molecular weight is 309 g/mol. The molecule has 0 spiro atoms. The van der Waals surface area contributed by atoms with Gasteiger partial charge in [-0.1, -0.05) is 23.7 Å². The number of hydrogen-bond donors (Lipinski definition) is 2. The molecule has 6 heteroatoms. The van der Waals surface area contributed by atoms with Crippen molar-refractivity contribution in [2.75, 3.05) is 11.9 Å². The molecule has 0 aliphatic rings. The van der Waals surface area contributed by atoms with E-state index in [0.717, 1.165) is 0 Å². The summed E-state index contributed by atoms with van der Waals surface area (Å²) in [6.45, 7) is -0.0761. The van der Waals surface area contributed by atoms with Gasteiger partial charge >= 0.3 is 0 Å². The summed E-state index contributed by atoms with van der Waals surface area (Å²) in [4.78, 5) is 12.3. The number of rotatable bonds is 4. The van der Waals surface area contributed by atoms with Crippen LogP contribution in [-0.4, -0.2) is 17.0 Å². The molecule has 0 aliphatic carbocycles. The molecule has 3 N–H and O–H groups in total. The summed E-state index contributed by atoms with van der Waals surface area (Å²) < 4.78 is 12.4. The quantitative estimate of drug-likeness (QED) is 0.851. The van der Waals surface area contributed by atoms with E-state index < -0.39 is 11.2 Å². The first-order valence-corrected chi connectivity index (χ1v) is 7.41. The van der Waals surface area contributed by atoms with Gasteiger partial charge in [-0.15, -0.1) is 0 Å². The van der Waals surface area contributed by atoms with Gasteiger partial charge in [-0.3, -0.25) is 4.79 Å². The van der Waals surface area contributed by atoms with E-state index in [4.69, 9.17) is 17.3 Å². The highest BCUT2D eigenvalue weighted by Gasteiger charge is 2.17. The van der Waals surface area contributed by atoms with Crippen molar-refractivity contribution in [2.24, 2.45) is 5.73 Å². The molecule has 0 radical (unpaired) electrons. The summed E-state index contributed by atoms with van der Waals surface area (Å²) in [5, 5.41) is 3.08. The van der Waals surface area contributed by atoms with Crippen LogP contribution in [0.1, 0.15) is 0 Å². The van der Waals surface area contributed by atoms with Crippen LogP contribution >= 0.6 is 11.6 Å². The van der Waals surface area contributed by atoms with E-state index in [0.29, 0.717) is 20.5 Å². The minimum Gasteiger partial charge on any atom is -0.606 e. The van der Waals surface area contributed by atoms with Gasteiger partial charge in [0, 0.05) is 16.9 Å². The molecule has 0 bridgehead atoms. The first-order chi connectivity index (χ1) is 9.61. The number of nitrogens with one attached hydrogen (secondary N) is 1. The Kier molecular flexibility index (Phi) is 5.03. The molecule has 2 aromatic rings. The third kappa shape index (κ3) is 3.52. The fraction of sp³-hybridized carbons (Fsp3) is 0.0714. The number of carbonyl (C=O) groups excluding carboxylic acids is 1. The Morgan fingerprint density at radius 1 is 1.20 bits per heavy atom. The predicted molar refractivity (Wildman–Crippen MR) is 80.3 cm³/mol. The molecule has 0 aliphatic heterocycles. The Morgan fingerprint density at radius 2 is 1.85 bits per heavy atom. The van der Waals surface area contributed by atoms with E-state index in [1.165, 1.54) is 0 Å². The van der Waals surface area contributed by atoms with E-state index in [-0.39, 0.29) is 12.5 Å². The molecule has 104 valence electrons. The Balaban J connectivity index is 2.18. The van der Waals surface area contributed by atoms with Gasteiger partial charge in [0.1, 0.15) is 0 Å². The van der Waals surface area contributed by atoms with E-state index in [1.807, 2.05) is 0 Å². The van der Waals surface area contributed by atoms with Crippen molar-refractivity contribution in [3.8, 4) is 0 Å². The Labute approximate surface area is 125 Å². The molecule has 0 aromatic heterocycles. The van der Waals surface area contributed by atoms with Crippen LogP contribution in [0, 0.1) is 0 Å². The Hall–Kier alpha value is -1.53. The Bertz CT molecular complexity index is 604. The molecular weight excluding hydrogens is 296 g/mol. The van der Waals surface area contributed by atoms with E-state index in [1.54, 1.807) is 48.5 Å². The highest BCUT2D eigenvalue weighted by atomic mass is 35.5. The molecule has 0 saturated carbocycles. The molecule has 0 fully saturated rings. The summed E-state index contributed by atoms with van der Waals surface area (Å²) in [5.41, 5.74) is 5.83. The standard InChI is InChI=1S/C14H13ClN2O2S/c15-12-3-1-2-4-13(12)20(19)11-7-5-10(6-8-11)17-14(18)9-16/h1-8H,9,16H2,(H,17,18). The fourth-order valence-corrected chi connectivity index (χ4v) is 3.03. The monoisotopic (exact) mass is 308 g/mol. The van der Waals surface area contributed by atoms with Crippen LogP contribution in [0.5, 0.6) is 0 Å². The highest BCUT2D eigenvalue weighted by molar-refractivity contribution is 7.91. The lowest BCUT2D eigenvalue weighted by Gasteiger charge is -2.11. The second-order valence-electron chi connectivity index (χ2n) is 3.98. The summed E-state index contributed by atoms with van der Waals surface area (Å²) in [5.74, 6) is -0.273. The number of halogens is 1. The van der Waals surface area contributed by atoms with Crippen molar-refractivity contribution in [1.29, 1.82) is 0 Å². The zero-order valence-corrected chi connectivity index (χ0v) is 12.1. The SMILES string of the molecule is NCC(=O)Nc1ccc([S+]([O-])c2ccccc2Cl)cc1. The van der Waals surface area contributed by atoms with Crippen molar-refractivity contribution in [2.45, 2.75) is 9.79 Å². The number of hydrogen-bond acceptors (Lipinski definition) is 3. The van der Waals surface area contributed by atoms with Gasteiger partial charge < -0.3 is 15.6 Å². The number of carbonyl (C=O) groups is 1. The zero-order valence-electron chi connectivity index (χ0n) is 10.5. The minimum absolute atomic E-state index is 0.0761. The molecule has 1 unspecified atom stereocenters. The van der Waals surface area contributed by atoms with Crippen molar-refractivity contribution in [3.63, 3.8) is 0 Å². The summed E-state index contributed by atoms with van der Waals surface area (Å²) in [7, 11) is 0. The fourth-order valence-electron chi connectivity index (χ4n) is 1.60. The van der Waals surface area contributed by atoms with Gasteiger partial charge in [-0.25, -0.2) is 0 Å². The van der Waals surface area contributed by atoms with Crippen LogP contribution in [0.4, 0.5) is 5.69 Å². The van der Waals surface area contributed by atoms with Gasteiger partial charge in [0.05, 0.1) is 11.6 Å². The van der Waals surface area contributed by atoms with E-state index in [9.17, 15) is 9.35 Å². The van der Waals surface area contributed by atoms with Gasteiger partial charge in [-0.2, -0.15) is 0 Å². The van der Waals surface area contributed by atoms with E-state index in [2.05, 4.69) is 5.32 Å². The van der Waals surface area contributed by atoms with Crippen LogP contribution in [0.2, 0.25) is 5.02 Å². The maximum Gasteiger partial charge on any atom is 0.238 e. The van der Waals surface area contributed by atoms with Crippen LogP contribution in [0.15, 0.2) is 58.3 Å². The lowest BCUT2D eigenvalue weighted by molar-refractivity contribution is -0.114. The molecule has 2 aromatic carbocycles. The third-order valence-electron chi connectivity index (χ3n) is 2.57. The molecular formula is C14H13ClN2O2S. The normalized spacial score (nSPS) is 11.9. The third-order valence-corrected chi connectivity index (χ3v) is 4.47. The summed E-state index contributed by atoms with van der Waals surface area (Å²) in [6.07, 6.45) is 0. The van der Waals surface area contributed by atoms with Gasteiger partial charge in [0.2, 0.25) is 5.91 Å². The molecule has 1 atom stereocenters. The number of benzene rings is 2. The molecule has 0 saturated heterocycles. The molecule has 20 heavy (non-hydrogen) atoms. The lowest BCUT2D eigenvalue weighted by atomic mass is 10.3. The average Bonchev–Trinajstić information content (AvgIpc) is 2.47. The van der Waals surface area contributed by atoms with Crippen LogP contribution in [-0.2, 0) is 16.0 Å². The molecule has 4 nitrogen and oxygen atoms in total. The van der Waals surface area contributed by atoms with Gasteiger partial charge in [0.25, 0.3) is 0 Å². The van der Waals surface area contributed by atoms with Gasteiger partial charge in [0.15, 0.2) is 9.79 Å². The Morgan fingerprint density at radius 3 is 2.45 bits per heavy atom. The van der Waals surface area contributed by atoms with Crippen molar-refractivity contribution >= 4 is 34.4 Å². The van der Waals surface area contributed by atoms with E-state index >= 15 is 0 Å². The molecule has 1 amide bonds. The summed E-state index contributed by atoms with van der Waals surface area (Å²) >= 11 is 4.67. The highest BCUT2D eigenvalue weighted by Crippen LogP contribution is 2.27. The first-order valence-electron chi connectivity index (χ1n) is 5.88. The largest absolute Gasteiger partial charge is 0.606 e. The molecule has 2 rings (SSSR count). The predicted octanol–water partition coefficient (Wildman–Crippen LogP) is 2.40. The maximum atomic E-state index is 12.4. The second kappa shape index (κ2) is 6.76. The summed E-state index contributed by atoms with van der Waals surface area (Å²) in [6, 6.07) is 13.7. The lowest BCUT2D eigenvalue weighted by Crippen LogP contribution is -2.21. The van der Waals surface area contributed by atoms with Crippen molar-refractivity contribution < 1.29 is 9.35 Å². The topological polar surface area (TPSA) is 78.2 Å². The zero-order chi connectivity index (χ0) is 14.5. The number of nitrogens with two attached hydrogens (primary N) is 1. The second-order valence-corrected chi connectivity index (χ2v) is 5.83. The smallest absolute Gasteiger partial charge is 0.238 e. The van der Waals surface area contributed by atoms with Crippen molar-refractivity contribution in [3.05, 3.63) is 53.6 Å². The molecule has 0 heterocycles. The maximum absolute atomic E-state index is 12.4. The number of anilines is 1. The minimum atomic E-state index is -1.35. The number of amides is 1. The van der Waals surface area contributed by atoms with Crippen molar-refractivity contribution in [1.82, 2.24) is 0 Å². The van der Waals surface area contributed by atoms with Crippen LogP contribution in [0.3, 0.4) is 0 Å².